The zero-order chi connectivity index (χ0) is 23.2. The quantitative estimate of drug-likeness (QED) is 0.270. The molecule has 1 aliphatic carbocycles. The van der Waals surface area contributed by atoms with Crippen molar-refractivity contribution >= 4 is 22.3 Å². The van der Waals surface area contributed by atoms with E-state index >= 15 is 0 Å². The summed E-state index contributed by atoms with van der Waals surface area (Å²) in [6.07, 6.45) is 10.9. The Labute approximate surface area is 205 Å². The van der Waals surface area contributed by atoms with Crippen LogP contribution in [0, 0.1) is 0 Å². The summed E-state index contributed by atoms with van der Waals surface area (Å²) >= 11 is 0. The Morgan fingerprint density at radius 1 is 0.600 bits per heavy atom. The number of aromatic nitrogens is 1. The molecule has 0 bridgehead atoms. The highest BCUT2D eigenvalue weighted by Gasteiger charge is 2.34. The minimum absolute atomic E-state index is 0.143. The highest BCUT2D eigenvalue weighted by atomic mass is 15.2. The number of hydrogen-bond acceptors (Lipinski definition) is 2. The monoisotopic (exact) mass is 448 g/mol. The normalized spacial score (nSPS) is 18.0. The van der Waals surface area contributed by atoms with E-state index < -0.39 is 0 Å². The molecule has 0 radical (unpaired) electrons. The molecule has 2 heteroatoms. The van der Waals surface area contributed by atoms with Crippen LogP contribution in [-0.4, -0.2) is 11.0 Å². The molecule has 35 heavy (non-hydrogen) atoms. The van der Waals surface area contributed by atoms with Gasteiger partial charge in [0, 0.05) is 17.7 Å². The third kappa shape index (κ3) is 3.30. The molecule has 2 unspecified atom stereocenters. The van der Waals surface area contributed by atoms with Crippen molar-refractivity contribution < 1.29 is 0 Å². The largest absolute Gasteiger partial charge is 0.318 e. The predicted molar refractivity (Wildman–Crippen MR) is 146 cm³/mol. The van der Waals surface area contributed by atoms with Crippen molar-refractivity contribution in [2.75, 3.05) is 4.90 Å². The van der Waals surface area contributed by atoms with Gasteiger partial charge in [-0.3, -0.25) is 0 Å². The number of pyridine rings is 1. The maximum atomic E-state index is 4.91. The molecule has 7 rings (SSSR count). The Morgan fingerprint density at radius 2 is 1.34 bits per heavy atom. The lowest BCUT2D eigenvalue weighted by atomic mass is 9.85. The molecule has 2 nitrogen and oxygen atoms in total. The fraction of sp³-hybridized carbons (Fsp3) is 0.0606. The molecule has 2 atom stereocenters. The van der Waals surface area contributed by atoms with Crippen LogP contribution in [0.15, 0.2) is 134 Å². The molecular weight excluding hydrogens is 424 g/mol. The summed E-state index contributed by atoms with van der Waals surface area (Å²) in [7, 11) is 0. The van der Waals surface area contributed by atoms with Crippen LogP contribution in [0.2, 0.25) is 0 Å². The topological polar surface area (TPSA) is 16.1 Å². The smallest absolute Gasteiger partial charge is 0.134 e. The van der Waals surface area contributed by atoms with E-state index in [4.69, 9.17) is 4.98 Å². The van der Waals surface area contributed by atoms with Crippen LogP contribution in [0.25, 0.3) is 33.0 Å². The van der Waals surface area contributed by atoms with Crippen molar-refractivity contribution in [1.29, 1.82) is 0 Å². The second-order valence-corrected chi connectivity index (χ2v) is 9.23. The van der Waals surface area contributed by atoms with Gasteiger partial charge in [0.15, 0.2) is 0 Å². The molecule has 5 aromatic rings. The van der Waals surface area contributed by atoms with E-state index in [9.17, 15) is 0 Å². The molecule has 2 aliphatic rings. The van der Waals surface area contributed by atoms with Crippen LogP contribution >= 0.6 is 0 Å². The van der Waals surface area contributed by atoms with Gasteiger partial charge < -0.3 is 4.90 Å². The van der Waals surface area contributed by atoms with Gasteiger partial charge in [0.25, 0.3) is 0 Å². The van der Waals surface area contributed by atoms with Crippen molar-refractivity contribution in [3.63, 3.8) is 0 Å². The third-order valence-electron chi connectivity index (χ3n) is 7.25. The Kier molecular flexibility index (Phi) is 4.63. The van der Waals surface area contributed by atoms with Gasteiger partial charge in [-0.2, -0.15) is 0 Å². The summed E-state index contributed by atoms with van der Waals surface area (Å²) in [4.78, 5) is 7.33. The summed E-state index contributed by atoms with van der Waals surface area (Å²) in [5, 5.41) is 2.51. The molecule has 4 aromatic carbocycles. The Bertz CT molecular complexity index is 1630. The molecule has 0 amide bonds. The van der Waals surface area contributed by atoms with Crippen molar-refractivity contribution in [2.45, 2.75) is 12.0 Å². The van der Waals surface area contributed by atoms with E-state index in [-0.39, 0.29) is 12.0 Å². The van der Waals surface area contributed by atoms with E-state index in [0.717, 1.165) is 5.82 Å². The zero-order valence-electron chi connectivity index (χ0n) is 19.3. The number of benzene rings is 4. The average molecular weight is 449 g/mol. The van der Waals surface area contributed by atoms with Gasteiger partial charge in [-0.1, -0.05) is 103 Å². The lowest BCUT2D eigenvalue weighted by Gasteiger charge is -2.35. The minimum Gasteiger partial charge on any atom is -0.318 e. The van der Waals surface area contributed by atoms with Gasteiger partial charge in [0.2, 0.25) is 0 Å². The zero-order valence-corrected chi connectivity index (χ0v) is 19.3. The SMILES string of the molecule is C1=CC2c3ccccc3-c3ccccc3N(c3cc(-c4ccc5ccccc5c4)ccn3)C2C=C1. The van der Waals surface area contributed by atoms with Gasteiger partial charge in [0.05, 0.1) is 11.7 Å². The molecule has 0 fully saturated rings. The second-order valence-electron chi connectivity index (χ2n) is 9.23. The van der Waals surface area contributed by atoms with Crippen LogP contribution in [0.1, 0.15) is 11.5 Å². The maximum Gasteiger partial charge on any atom is 0.134 e. The second kappa shape index (κ2) is 8.11. The molecule has 2 heterocycles. The summed E-state index contributed by atoms with van der Waals surface area (Å²) in [5.74, 6) is 1.21. The van der Waals surface area contributed by atoms with Gasteiger partial charge in [-0.05, 0) is 57.3 Å². The van der Waals surface area contributed by atoms with Crippen molar-refractivity contribution in [1.82, 2.24) is 4.98 Å². The summed E-state index contributed by atoms with van der Waals surface area (Å²) in [5.41, 5.74) is 7.47. The molecule has 166 valence electrons. The van der Waals surface area contributed by atoms with Crippen LogP contribution in [0.4, 0.5) is 11.5 Å². The number of fused-ring (bicyclic) bond motifs is 6. The van der Waals surface area contributed by atoms with Gasteiger partial charge in [0.1, 0.15) is 5.82 Å². The summed E-state index contributed by atoms with van der Waals surface area (Å²) in [6.45, 7) is 0. The first kappa shape index (κ1) is 20.0. The number of anilines is 2. The van der Waals surface area contributed by atoms with Gasteiger partial charge >= 0.3 is 0 Å². The van der Waals surface area contributed by atoms with E-state index in [2.05, 4.69) is 132 Å². The van der Waals surface area contributed by atoms with Crippen LogP contribution in [0.3, 0.4) is 0 Å². The average Bonchev–Trinajstić information content (AvgIpc) is 3.06. The first-order chi connectivity index (χ1) is 17.4. The first-order valence-electron chi connectivity index (χ1n) is 12.1. The van der Waals surface area contributed by atoms with Gasteiger partial charge in [-0.25, -0.2) is 4.98 Å². The summed E-state index contributed by atoms with van der Waals surface area (Å²) in [6, 6.07) is 37.2. The van der Waals surface area contributed by atoms with Crippen LogP contribution < -0.4 is 4.90 Å². The minimum atomic E-state index is 0.143. The highest BCUT2D eigenvalue weighted by Crippen LogP contribution is 2.47. The van der Waals surface area contributed by atoms with E-state index in [1.807, 2.05) is 6.20 Å². The van der Waals surface area contributed by atoms with E-state index in [1.165, 1.54) is 44.3 Å². The lowest BCUT2D eigenvalue weighted by Crippen LogP contribution is -2.35. The third-order valence-corrected chi connectivity index (χ3v) is 7.25. The first-order valence-corrected chi connectivity index (χ1v) is 12.1. The molecule has 0 saturated carbocycles. The molecule has 0 spiro atoms. The van der Waals surface area contributed by atoms with Gasteiger partial charge in [-0.15, -0.1) is 0 Å². The maximum absolute atomic E-state index is 4.91. The molecular formula is C33H24N2. The van der Waals surface area contributed by atoms with E-state index in [1.54, 1.807) is 0 Å². The summed E-state index contributed by atoms with van der Waals surface area (Å²) < 4.78 is 0. The van der Waals surface area contributed by atoms with Crippen molar-refractivity contribution in [3.05, 3.63) is 139 Å². The Hall–Kier alpha value is -4.43. The Morgan fingerprint density at radius 3 is 2.29 bits per heavy atom. The molecule has 1 aliphatic heterocycles. The van der Waals surface area contributed by atoms with Crippen molar-refractivity contribution in [2.24, 2.45) is 0 Å². The van der Waals surface area contributed by atoms with Crippen LogP contribution in [0.5, 0.6) is 0 Å². The fourth-order valence-corrected chi connectivity index (χ4v) is 5.61. The number of para-hydroxylation sites is 1. The number of allylic oxidation sites excluding steroid dienone is 2. The number of hydrogen-bond donors (Lipinski definition) is 0. The Balaban J connectivity index is 1.42. The predicted octanol–water partition coefficient (Wildman–Crippen LogP) is 8.30. The van der Waals surface area contributed by atoms with Crippen LogP contribution in [-0.2, 0) is 0 Å². The number of nitrogens with zero attached hydrogens (tertiary/aromatic N) is 2. The standard InChI is InChI=1S/C33H24N2/c1-2-10-24-21-25(18-17-23(24)9-1)26-19-20-34-33(22-26)35-31-15-7-5-13-29(31)27-11-3-4-12-28(27)30-14-6-8-16-32(30)35/h1-22,29,31H. The molecule has 0 saturated heterocycles. The highest BCUT2D eigenvalue weighted by molar-refractivity contribution is 5.89. The molecule has 0 N–H and O–H groups in total. The number of rotatable bonds is 2. The fourth-order valence-electron chi connectivity index (χ4n) is 5.61. The molecule has 1 aromatic heterocycles. The lowest BCUT2D eigenvalue weighted by molar-refractivity contribution is 0.691. The van der Waals surface area contributed by atoms with E-state index in [0.29, 0.717) is 0 Å². The van der Waals surface area contributed by atoms with Crippen molar-refractivity contribution in [3.8, 4) is 22.3 Å².